The molecule has 5 rings (SSSR count). The van der Waals surface area contributed by atoms with Crippen molar-refractivity contribution in [2.45, 2.75) is 52.0 Å². The van der Waals surface area contributed by atoms with E-state index < -0.39 is 23.4 Å². The highest BCUT2D eigenvalue weighted by atomic mass is 32.1. The molecule has 37 heavy (non-hydrogen) atoms. The summed E-state index contributed by atoms with van der Waals surface area (Å²) in [4.78, 5) is 30.7. The van der Waals surface area contributed by atoms with Crippen LogP contribution in [0.4, 0.5) is 4.39 Å². The van der Waals surface area contributed by atoms with E-state index in [1.807, 2.05) is 6.92 Å². The molecule has 0 unspecified atom stereocenters. The highest BCUT2D eigenvalue weighted by Gasteiger charge is 2.45. The molecular weight excluding hydrogens is 501 g/mol. The van der Waals surface area contributed by atoms with Crippen LogP contribution in [0.15, 0.2) is 23.0 Å². The van der Waals surface area contributed by atoms with Crippen LogP contribution in [0.5, 0.6) is 0 Å². The zero-order chi connectivity index (χ0) is 26.6. The van der Waals surface area contributed by atoms with Crippen molar-refractivity contribution in [3.05, 3.63) is 62.2 Å². The lowest BCUT2D eigenvalue weighted by Gasteiger charge is -2.31. The van der Waals surface area contributed by atoms with Crippen LogP contribution < -0.4 is 10.9 Å². The Morgan fingerprint density at radius 3 is 2.81 bits per heavy atom. The number of cyclic esters (lactones) is 1. The maximum Gasteiger partial charge on any atom is 0.343 e. The van der Waals surface area contributed by atoms with Crippen LogP contribution in [-0.4, -0.2) is 44.1 Å². The number of fused-ring (bicyclic) bond motifs is 5. The van der Waals surface area contributed by atoms with Gasteiger partial charge in [0.25, 0.3) is 10.7 Å². The first-order valence-electron chi connectivity index (χ1n) is 11.9. The number of hydrogen-bond donors (Lipinski definition) is 3. The van der Waals surface area contributed by atoms with Crippen LogP contribution in [0.1, 0.15) is 54.1 Å². The van der Waals surface area contributed by atoms with Gasteiger partial charge in [-0.25, -0.2) is 14.2 Å². The Balaban J connectivity index is 1.74. The van der Waals surface area contributed by atoms with E-state index in [0.29, 0.717) is 27.9 Å². The van der Waals surface area contributed by atoms with Crippen molar-refractivity contribution in [2.24, 2.45) is 0 Å². The van der Waals surface area contributed by atoms with Crippen LogP contribution in [0.2, 0.25) is 0 Å². The summed E-state index contributed by atoms with van der Waals surface area (Å²) in [6, 6.07) is 4.25. The Labute approximate surface area is 216 Å². The van der Waals surface area contributed by atoms with Gasteiger partial charge in [-0.15, -0.1) is 0 Å². The molecule has 3 aromatic rings. The number of rotatable bonds is 5. The maximum atomic E-state index is 14.6. The summed E-state index contributed by atoms with van der Waals surface area (Å²) in [6.45, 7) is 4.95. The van der Waals surface area contributed by atoms with Crippen LogP contribution >= 0.6 is 12.2 Å². The van der Waals surface area contributed by atoms with Crippen molar-refractivity contribution in [3.8, 4) is 11.4 Å². The molecule has 3 N–H and O–H groups in total. The van der Waals surface area contributed by atoms with E-state index >= 15 is 0 Å². The number of aromatic nitrogens is 2. The van der Waals surface area contributed by atoms with Gasteiger partial charge in [-0.05, 0) is 55.7 Å². The normalized spacial score (nSPS) is 18.6. The summed E-state index contributed by atoms with van der Waals surface area (Å²) in [5, 5.41) is 24.0. The Morgan fingerprint density at radius 1 is 1.35 bits per heavy atom. The van der Waals surface area contributed by atoms with E-state index in [4.69, 9.17) is 31.8 Å². The number of thiocarbonyl (C=S) groups is 1. The predicted molar refractivity (Wildman–Crippen MR) is 136 cm³/mol. The molecule has 0 saturated carbocycles. The summed E-state index contributed by atoms with van der Waals surface area (Å²) < 4.78 is 26.6. The van der Waals surface area contributed by atoms with Gasteiger partial charge in [0, 0.05) is 22.6 Å². The molecule has 194 valence electrons. The number of aliphatic hydroxyl groups is 2. The van der Waals surface area contributed by atoms with Crippen molar-refractivity contribution in [3.63, 3.8) is 0 Å². The summed E-state index contributed by atoms with van der Waals surface area (Å²) in [5.41, 5.74) is 1.30. The number of benzene rings is 1. The summed E-state index contributed by atoms with van der Waals surface area (Å²) >= 11 is 5.26. The molecule has 2 aliphatic rings. The van der Waals surface area contributed by atoms with Crippen LogP contribution in [0.3, 0.4) is 0 Å². The smallest absolute Gasteiger partial charge is 0.343 e. The van der Waals surface area contributed by atoms with Gasteiger partial charge in [-0.3, -0.25) is 4.79 Å². The molecule has 1 aromatic carbocycles. The number of aliphatic hydroxyl groups excluding tert-OH is 1. The van der Waals surface area contributed by atoms with E-state index in [1.54, 1.807) is 26.0 Å². The average Bonchev–Trinajstić information content (AvgIpc) is 3.23. The van der Waals surface area contributed by atoms with Crippen LogP contribution in [0, 0.1) is 12.7 Å². The second kappa shape index (κ2) is 9.16. The number of aryl methyl sites for hydroxylation is 1. The first-order valence-corrected chi connectivity index (χ1v) is 12.4. The topological polar surface area (TPSA) is 123 Å². The molecule has 9 nitrogen and oxygen atoms in total. The van der Waals surface area contributed by atoms with Gasteiger partial charge in [0.15, 0.2) is 5.60 Å². The minimum Gasteiger partial charge on any atom is -0.469 e. The standard InChI is InChI=1S/C26H26FN3O6S/c1-4-26(34)17-8-20-22-15(10-30(20)23(32)16(17)11-36-24(26)33)21(13(3)28-25(37)35-6-5-31)14-7-12(2)18(27)9-19(14)29-22/h7-9,13,31,34H,4-6,10-11H2,1-3H3,(H,28,37)/t13-,26-/m0/s1. The van der Waals surface area contributed by atoms with E-state index in [9.17, 15) is 19.1 Å². The van der Waals surface area contributed by atoms with Gasteiger partial charge >= 0.3 is 5.97 Å². The van der Waals surface area contributed by atoms with Gasteiger partial charge in [-0.1, -0.05) is 6.92 Å². The zero-order valence-corrected chi connectivity index (χ0v) is 21.4. The average molecular weight is 528 g/mol. The number of pyridine rings is 2. The Morgan fingerprint density at radius 2 is 2.11 bits per heavy atom. The number of esters is 1. The summed E-state index contributed by atoms with van der Waals surface area (Å²) in [5.74, 6) is -1.22. The highest BCUT2D eigenvalue weighted by Crippen LogP contribution is 2.42. The third kappa shape index (κ3) is 3.89. The minimum absolute atomic E-state index is 0.0295. The number of nitrogens with one attached hydrogen (secondary N) is 1. The first-order chi connectivity index (χ1) is 17.6. The number of carbonyl (C=O) groups excluding carboxylic acids is 1. The zero-order valence-electron chi connectivity index (χ0n) is 20.6. The largest absolute Gasteiger partial charge is 0.469 e. The first kappa shape index (κ1) is 25.2. The molecule has 2 aromatic heterocycles. The lowest BCUT2D eigenvalue weighted by Crippen LogP contribution is -2.44. The number of nitrogens with zero attached hydrogens (tertiary/aromatic N) is 2. The van der Waals surface area contributed by atoms with Gasteiger partial charge in [0.2, 0.25) is 0 Å². The van der Waals surface area contributed by atoms with Gasteiger partial charge in [-0.2, -0.15) is 0 Å². The fraction of sp³-hybridized carbons (Fsp3) is 0.385. The van der Waals surface area contributed by atoms with Crippen LogP contribution in [-0.2, 0) is 33.0 Å². The molecule has 4 heterocycles. The number of halogens is 1. The third-order valence-electron chi connectivity index (χ3n) is 7.10. The lowest BCUT2D eigenvalue weighted by atomic mass is 9.86. The Kier molecular flexibility index (Phi) is 6.25. The van der Waals surface area contributed by atoms with Gasteiger partial charge in [0.05, 0.1) is 41.7 Å². The van der Waals surface area contributed by atoms with Crippen molar-refractivity contribution in [2.75, 3.05) is 13.2 Å². The second-order valence-electron chi connectivity index (χ2n) is 9.30. The molecule has 2 atom stereocenters. The van der Waals surface area contributed by atoms with E-state index in [1.165, 1.54) is 10.6 Å². The van der Waals surface area contributed by atoms with Crippen molar-refractivity contribution < 1.29 is 28.9 Å². The molecule has 0 bridgehead atoms. The quantitative estimate of drug-likeness (QED) is 0.265. The monoisotopic (exact) mass is 527 g/mol. The molecule has 0 spiro atoms. The molecule has 11 heteroatoms. The SMILES string of the molecule is CC[C@@]1(O)C(=O)OCc2c1cc1n(c2=O)Cc2c-1nc1cc(F)c(C)cc1c2[C@H](C)NC(=S)OCCO. The number of carbonyl (C=O) groups is 1. The molecule has 0 amide bonds. The minimum atomic E-state index is -1.95. The molecule has 0 radical (unpaired) electrons. The van der Waals surface area contributed by atoms with Crippen molar-refractivity contribution in [1.82, 2.24) is 14.9 Å². The third-order valence-corrected chi connectivity index (χ3v) is 7.34. The number of ether oxygens (including phenoxy) is 2. The van der Waals surface area contributed by atoms with Crippen molar-refractivity contribution in [1.29, 1.82) is 0 Å². The Hall–Kier alpha value is -3.41. The predicted octanol–water partition coefficient (Wildman–Crippen LogP) is 2.47. The molecule has 0 aliphatic carbocycles. The van der Waals surface area contributed by atoms with Crippen molar-refractivity contribution >= 4 is 34.3 Å². The fourth-order valence-corrected chi connectivity index (χ4v) is 5.42. The summed E-state index contributed by atoms with van der Waals surface area (Å²) in [7, 11) is 0. The van der Waals surface area contributed by atoms with E-state index in [2.05, 4.69) is 5.32 Å². The lowest BCUT2D eigenvalue weighted by molar-refractivity contribution is -0.172. The second-order valence-corrected chi connectivity index (χ2v) is 9.67. The Bertz CT molecular complexity index is 1540. The van der Waals surface area contributed by atoms with Crippen LogP contribution in [0.25, 0.3) is 22.3 Å². The molecule has 2 aliphatic heterocycles. The number of hydrogen-bond acceptors (Lipinski definition) is 8. The summed E-state index contributed by atoms with van der Waals surface area (Å²) in [6.07, 6.45) is 0.0295. The van der Waals surface area contributed by atoms with E-state index in [0.717, 1.165) is 11.1 Å². The fourth-order valence-electron chi connectivity index (χ4n) is 5.16. The molecular formula is C26H26FN3O6S. The van der Waals surface area contributed by atoms with Gasteiger partial charge < -0.3 is 29.6 Å². The molecule has 0 fully saturated rings. The molecule has 0 saturated heterocycles. The maximum absolute atomic E-state index is 14.6. The highest BCUT2D eigenvalue weighted by molar-refractivity contribution is 7.80. The van der Waals surface area contributed by atoms with E-state index in [-0.39, 0.29) is 54.6 Å². The van der Waals surface area contributed by atoms with Gasteiger partial charge in [0.1, 0.15) is 19.0 Å².